The maximum absolute atomic E-state index is 14.5. The third kappa shape index (κ3) is 8.96. The third-order valence-corrected chi connectivity index (χ3v) is 9.75. The summed E-state index contributed by atoms with van der Waals surface area (Å²) in [6.07, 6.45) is 0.973. The van der Waals surface area contributed by atoms with Crippen LogP contribution in [0.3, 0.4) is 0 Å². The van der Waals surface area contributed by atoms with Gasteiger partial charge in [0, 0.05) is 24.0 Å². The van der Waals surface area contributed by atoms with E-state index >= 15 is 0 Å². The van der Waals surface area contributed by atoms with Crippen LogP contribution in [0.15, 0.2) is 108 Å². The van der Waals surface area contributed by atoms with Crippen LogP contribution < -0.4 is 9.62 Å². The van der Waals surface area contributed by atoms with Crippen molar-refractivity contribution < 1.29 is 18.0 Å². The molecule has 0 spiro atoms. The summed E-state index contributed by atoms with van der Waals surface area (Å²) in [7, 11) is -4.18. The van der Waals surface area contributed by atoms with Crippen molar-refractivity contribution >= 4 is 39.1 Å². The zero-order chi connectivity index (χ0) is 32.6. The molecule has 4 aromatic carbocycles. The molecular weight excluding hydrogens is 606 g/mol. The monoisotopic (exact) mass is 645 g/mol. The Labute approximate surface area is 271 Å². The minimum absolute atomic E-state index is 0.0523. The van der Waals surface area contributed by atoms with E-state index in [1.54, 1.807) is 36.4 Å². The minimum Gasteiger partial charge on any atom is -0.352 e. The number of rotatable bonds is 13. The molecule has 4 rings (SSSR count). The molecule has 0 aliphatic carbocycles. The summed E-state index contributed by atoms with van der Waals surface area (Å²) < 4.78 is 29.3. The predicted octanol–water partition coefficient (Wildman–Crippen LogP) is 6.71. The topological polar surface area (TPSA) is 86.8 Å². The summed E-state index contributed by atoms with van der Waals surface area (Å²) in [5.74, 6) is -0.809. The average molecular weight is 646 g/mol. The molecule has 0 bridgehead atoms. The molecule has 4 aromatic rings. The van der Waals surface area contributed by atoms with Gasteiger partial charge in [0.05, 0.1) is 10.6 Å². The van der Waals surface area contributed by atoms with Gasteiger partial charge >= 0.3 is 0 Å². The molecule has 0 fully saturated rings. The lowest BCUT2D eigenvalue weighted by Gasteiger charge is -2.34. The summed E-state index contributed by atoms with van der Waals surface area (Å²) in [6.45, 7) is 7.32. The number of aryl methyl sites for hydroxylation is 2. The number of sulfonamides is 1. The number of anilines is 1. The highest BCUT2D eigenvalue weighted by molar-refractivity contribution is 7.92. The molecule has 2 amide bonds. The molecular formula is C36H40ClN3O4S. The van der Waals surface area contributed by atoms with Gasteiger partial charge in [-0.3, -0.25) is 13.9 Å². The van der Waals surface area contributed by atoms with Crippen LogP contribution in [0.5, 0.6) is 0 Å². The second-order valence-electron chi connectivity index (χ2n) is 11.3. The number of hydrogen-bond donors (Lipinski definition) is 1. The van der Waals surface area contributed by atoms with Gasteiger partial charge in [-0.25, -0.2) is 8.42 Å². The minimum atomic E-state index is -4.18. The average Bonchev–Trinajstić information content (AvgIpc) is 3.02. The third-order valence-electron chi connectivity index (χ3n) is 7.71. The second kappa shape index (κ2) is 15.2. The predicted molar refractivity (Wildman–Crippen MR) is 181 cm³/mol. The molecule has 7 nitrogen and oxygen atoms in total. The van der Waals surface area contributed by atoms with Gasteiger partial charge < -0.3 is 10.2 Å². The Morgan fingerprint density at radius 1 is 0.822 bits per heavy atom. The Hall–Kier alpha value is -4.14. The van der Waals surface area contributed by atoms with E-state index in [1.165, 1.54) is 17.0 Å². The highest BCUT2D eigenvalue weighted by Crippen LogP contribution is 2.27. The number of carbonyl (C=O) groups is 2. The Morgan fingerprint density at radius 2 is 1.47 bits per heavy atom. The molecule has 0 saturated heterocycles. The molecule has 0 aliphatic rings. The summed E-state index contributed by atoms with van der Waals surface area (Å²) in [6, 6.07) is 29.0. The lowest BCUT2D eigenvalue weighted by Crippen LogP contribution is -2.54. The number of amides is 2. The molecule has 45 heavy (non-hydrogen) atoms. The molecule has 236 valence electrons. The highest BCUT2D eigenvalue weighted by atomic mass is 35.5. The number of carbonyl (C=O) groups excluding carboxylic acids is 2. The van der Waals surface area contributed by atoms with Gasteiger partial charge in [0.2, 0.25) is 11.8 Å². The van der Waals surface area contributed by atoms with E-state index in [9.17, 15) is 18.0 Å². The van der Waals surface area contributed by atoms with Gasteiger partial charge in [0.25, 0.3) is 10.0 Å². The van der Waals surface area contributed by atoms with E-state index in [2.05, 4.69) is 5.32 Å². The van der Waals surface area contributed by atoms with Gasteiger partial charge in [0.15, 0.2) is 0 Å². The standard InChI is InChI=1S/C36H40ClN3O4S/c1-5-28(4)38-36(42)34(23-29-11-7-6-8-12-29)39(24-30-13-9-10-27(3)22-30)35(41)25-40(32-18-16-31(37)17-19-32)45(43,44)33-20-14-26(2)15-21-33/h6-22,28,34H,5,23-25H2,1-4H3,(H,38,42)/t28-,34+/m0/s1. The molecule has 0 heterocycles. The summed E-state index contributed by atoms with van der Waals surface area (Å²) in [5, 5.41) is 3.49. The van der Waals surface area contributed by atoms with E-state index in [4.69, 9.17) is 11.6 Å². The molecule has 2 atom stereocenters. The van der Waals surface area contributed by atoms with E-state index in [0.29, 0.717) is 5.02 Å². The fraction of sp³-hybridized carbons (Fsp3) is 0.278. The van der Waals surface area contributed by atoms with E-state index in [1.807, 2.05) is 82.3 Å². The molecule has 0 saturated carbocycles. The van der Waals surface area contributed by atoms with Crippen molar-refractivity contribution in [2.75, 3.05) is 10.8 Å². The van der Waals surface area contributed by atoms with E-state index in [-0.39, 0.29) is 35.5 Å². The molecule has 9 heteroatoms. The molecule has 1 N–H and O–H groups in total. The fourth-order valence-electron chi connectivity index (χ4n) is 4.98. The van der Waals surface area contributed by atoms with Crippen molar-refractivity contribution in [3.63, 3.8) is 0 Å². The van der Waals surface area contributed by atoms with Crippen molar-refractivity contribution in [2.45, 2.75) is 64.1 Å². The second-order valence-corrected chi connectivity index (χ2v) is 13.6. The molecule has 0 radical (unpaired) electrons. The first-order valence-electron chi connectivity index (χ1n) is 15.0. The Morgan fingerprint density at radius 3 is 2.09 bits per heavy atom. The van der Waals surface area contributed by atoms with Gasteiger partial charge in [0.1, 0.15) is 12.6 Å². The van der Waals surface area contributed by atoms with Crippen LogP contribution in [0.2, 0.25) is 5.02 Å². The van der Waals surface area contributed by atoms with Crippen LogP contribution in [0.1, 0.15) is 42.5 Å². The largest absolute Gasteiger partial charge is 0.352 e. The van der Waals surface area contributed by atoms with Crippen molar-refractivity contribution in [1.29, 1.82) is 0 Å². The molecule has 0 aliphatic heterocycles. The number of benzene rings is 4. The van der Waals surface area contributed by atoms with Crippen LogP contribution in [0, 0.1) is 13.8 Å². The number of nitrogens with one attached hydrogen (secondary N) is 1. The van der Waals surface area contributed by atoms with Gasteiger partial charge in [-0.15, -0.1) is 0 Å². The number of hydrogen-bond acceptors (Lipinski definition) is 4. The Kier molecular flexibility index (Phi) is 11.4. The lowest BCUT2D eigenvalue weighted by molar-refractivity contribution is -0.140. The van der Waals surface area contributed by atoms with Crippen LogP contribution in [0.25, 0.3) is 0 Å². The zero-order valence-electron chi connectivity index (χ0n) is 26.1. The van der Waals surface area contributed by atoms with Gasteiger partial charge in [-0.1, -0.05) is 96.4 Å². The highest BCUT2D eigenvalue weighted by Gasteiger charge is 2.35. The maximum Gasteiger partial charge on any atom is 0.264 e. The quantitative estimate of drug-likeness (QED) is 0.175. The Bertz CT molecular complexity index is 1690. The van der Waals surface area contributed by atoms with Crippen molar-refractivity contribution in [2.24, 2.45) is 0 Å². The first kappa shape index (κ1) is 33.7. The SMILES string of the molecule is CC[C@H](C)NC(=O)[C@@H](Cc1ccccc1)N(Cc1cccc(C)c1)C(=O)CN(c1ccc(Cl)cc1)S(=O)(=O)c1ccc(C)cc1. The number of halogens is 1. The normalized spacial score (nSPS) is 12.6. The van der Waals surface area contributed by atoms with Crippen molar-refractivity contribution in [3.05, 3.63) is 130 Å². The smallest absolute Gasteiger partial charge is 0.264 e. The fourth-order valence-corrected chi connectivity index (χ4v) is 6.52. The lowest BCUT2D eigenvalue weighted by atomic mass is 10.0. The van der Waals surface area contributed by atoms with Crippen LogP contribution >= 0.6 is 11.6 Å². The summed E-state index contributed by atoms with van der Waals surface area (Å²) in [5.41, 5.74) is 3.91. The first-order chi connectivity index (χ1) is 21.5. The van der Waals surface area contributed by atoms with E-state index < -0.39 is 28.5 Å². The van der Waals surface area contributed by atoms with Crippen molar-refractivity contribution in [3.8, 4) is 0 Å². The van der Waals surface area contributed by atoms with Crippen LogP contribution in [-0.4, -0.2) is 43.8 Å². The van der Waals surface area contributed by atoms with Gasteiger partial charge in [-0.05, 0) is 74.7 Å². The first-order valence-corrected chi connectivity index (χ1v) is 16.8. The van der Waals surface area contributed by atoms with Crippen LogP contribution in [-0.2, 0) is 32.6 Å². The summed E-state index contributed by atoms with van der Waals surface area (Å²) >= 11 is 6.14. The Balaban J connectivity index is 1.80. The van der Waals surface area contributed by atoms with E-state index in [0.717, 1.165) is 33.0 Å². The molecule has 0 aromatic heterocycles. The maximum atomic E-state index is 14.5. The zero-order valence-corrected chi connectivity index (χ0v) is 27.7. The molecule has 0 unspecified atom stereocenters. The van der Waals surface area contributed by atoms with Crippen LogP contribution in [0.4, 0.5) is 5.69 Å². The van der Waals surface area contributed by atoms with Crippen molar-refractivity contribution in [1.82, 2.24) is 10.2 Å². The summed E-state index contributed by atoms with van der Waals surface area (Å²) in [4.78, 5) is 30.0. The van der Waals surface area contributed by atoms with Gasteiger partial charge in [-0.2, -0.15) is 0 Å². The number of nitrogens with zero attached hydrogens (tertiary/aromatic N) is 2.